The molecule has 3 amide bonds. The second kappa shape index (κ2) is 11.7. The number of pyridine rings is 1. The van der Waals surface area contributed by atoms with E-state index < -0.39 is 23.6 Å². The zero-order valence-electron chi connectivity index (χ0n) is 21.4. The minimum atomic E-state index is -1.11. The molecule has 36 heavy (non-hydrogen) atoms. The van der Waals surface area contributed by atoms with Crippen molar-refractivity contribution in [1.82, 2.24) is 24.8 Å². The minimum Gasteiger partial charge on any atom is -0.443 e. The lowest BCUT2D eigenvalue weighted by molar-refractivity contribution is -0.127. The van der Waals surface area contributed by atoms with E-state index in [1.165, 1.54) is 19.9 Å². The predicted octanol–water partition coefficient (Wildman–Crippen LogP) is 1.27. The summed E-state index contributed by atoms with van der Waals surface area (Å²) in [5.74, 6) is -0.0996. The number of carbonyl (C=O) groups excluding carboxylic acids is 3. The first kappa shape index (κ1) is 27.3. The highest BCUT2D eigenvalue weighted by atomic mass is 16.6. The van der Waals surface area contributed by atoms with Crippen molar-refractivity contribution in [3.8, 4) is 0 Å². The van der Waals surface area contributed by atoms with Crippen LogP contribution in [0.2, 0.25) is 0 Å². The van der Waals surface area contributed by atoms with Gasteiger partial charge in [0.25, 0.3) is 0 Å². The van der Waals surface area contributed by atoms with Crippen LogP contribution in [-0.4, -0.2) is 69.2 Å². The van der Waals surface area contributed by atoms with Gasteiger partial charge in [-0.25, -0.2) is 4.79 Å². The van der Waals surface area contributed by atoms with Crippen molar-refractivity contribution in [1.29, 1.82) is 0 Å². The number of carbonyl (C=O) groups is 3. The number of amides is 3. The van der Waals surface area contributed by atoms with Gasteiger partial charge < -0.3 is 31.2 Å². The predicted molar refractivity (Wildman–Crippen MR) is 132 cm³/mol. The number of hydrogen-bond acceptors (Lipinski definition) is 8. The third-order valence-electron chi connectivity index (χ3n) is 6.37. The molecule has 12 nitrogen and oxygen atoms in total. The van der Waals surface area contributed by atoms with E-state index in [1.807, 2.05) is 0 Å². The molecule has 5 N–H and O–H groups in total. The Morgan fingerprint density at radius 3 is 2.58 bits per heavy atom. The summed E-state index contributed by atoms with van der Waals surface area (Å²) in [5, 5.41) is 11.5. The lowest BCUT2D eigenvalue weighted by Crippen LogP contribution is -2.51. The van der Waals surface area contributed by atoms with Gasteiger partial charge >= 0.3 is 6.09 Å². The Hall–Kier alpha value is -3.25. The monoisotopic (exact) mass is 503 g/mol. The van der Waals surface area contributed by atoms with Gasteiger partial charge in [-0.15, -0.1) is 10.2 Å². The van der Waals surface area contributed by atoms with E-state index in [-0.39, 0.29) is 31.8 Å². The van der Waals surface area contributed by atoms with Crippen molar-refractivity contribution in [2.75, 3.05) is 20.2 Å². The number of primary amides is 1. The molecule has 1 aliphatic carbocycles. The molecular weight excluding hydrogens is 466 g/mol. The number of nitrogens with two attached hydrogens (primary N) is 2. The van der Waals surface area contributed by atoms with E-state index in [4.69, 9.17) is 20.9 Å². The maximum atomic E-state index is 12.8. The van der Waals surface area contributed by atoms with E-state index in [9.17, 15) is 14.4 Å². The molecule has 2 aromatic heterocycles. The number of ether oxygens (including phenoxy) is 2. The topological polar surface area (TPSA) is 167 Å². The first-order valence-corrected chi connectivity index (χ1v) is 12.2. The van der Waals surface area contributed by atoms with Gasteiger partial charge in [-0.05, 0) is 51.7 Å². The molecule has 0 aromatic carbocycles. The summed E-state index contributed by atoms with van der Waals surface area (Å²) in [6, 6.07) is 4.64. The number of likely N-dealkylation sites (N-methyl/N-ethyl adjacent to an activating group) is 1. The maximum absolute atomic E-state index is 12.8. The van der Waals surface area contributed by atoms with E-state index in [1.54, 1.807) is 36.4 Å². The standard InChI is InChI=1S/C24H37N7O5/c1-15(16-8-5-6-9-16)35-14-18(27-22(33)24(2,3)26)21-29-28-20-11-7-10-17(31(20)21)13-36-23(34)30(4)12-19(25)32/h7,10-11,15-16,18H,5-6,8-9,12-14,26H2,1-4H3,(H2,25,32)(H,27,33)/t15?,18-/m1/s1. The highest BCUT2D eigenvalue weighted by molar-refractivity contribution is 5.85. The van der Waals surface area contributed by atoms with Crippen LogP contribution < -0.4 is 16.8 Å². The van der Waals surface area contributed by atoms with Crippen LogP contribution in [0.4, 0.5) is 4.79 Å². The third-order valence-corrected chi connectivity index (χ3v) is 6.37. The van der Waals surface area contributed by atoms with Crippen LogP contribution in [0.15, 0.2) is 18.2 Å². The highest BCUT2D eigenvalue weighted by Crippen LogP contribution is 2.29. The van der Waals surface area contributed by atoms with Crippen molar-refractivity contribution >= 4 is 23.6 Å². The van der Waals surface area contributed by atoms with Crippen molar-refractivity contribution < 1.29 is 23.9 Å². The van der Waals surface area contributed by atoms with Gasteiger partial charge in [-0.2, -0.15) is 0 Å². The van der Waals surface area contributed by atoms with E-state index >= 15 is 0 Å². The van der Waals surface area contributed by atoms with Gasteiger partial charge in [0.1, 0.15) is 19.2 Å². The zero-order chi connectivity index (χ0) is 26.5. The fourth-order valence-corrected chi connectivity index (χ4v) is 4.25. The van der Waals surface area contributed by atoms with E-state index in [0.717, 1.165) is 17.7 Å². The van der Waals surface area contributed by atoms with Gasteiger partial charge in [0, 0.05) is 7.05 Å². The largest absolute Gasteiger partial charge is 0.443 e. The van der Waals surface area contributed by atoms with Crippen LogP contribution >= 0.6 is 0 Å². The van der Waals surface area contributed by atoms with Gasteiger partial charge in [0.2, 0.25) is 11.8 Å². The molecule has 3 rings (SSSR count). The van der Waals surface area contributed by atoms with Gasteiger partial charge in [0.15, 0.2) is 11.5 Å². The Balaban J connectivity index is 1.85. The number of nitrogens with zero attached hydrogens (tertiary/aromatic N) is 4. The van der Waals surface area contributed by atoms with Crippen LogP contribution in [-0.2, 0) is 25.7 Å². The number of aromatic nitrogens is 3. The summed E-state index contributed by atoms with van der Waals surface area (Å²) >= 11 is 0. The normalized spacial score (nSPS) is 16.0. The number of hydrogen-bond donors (Lipinski definition) is 3. The second-order valence-corrected chi connectivity index (χ2v) is 9.98. The first-order valence-electron chi connectivity index (χ1n) is 12.2. The van der Waals surface area contributed by atoms with Crippen LogP contribution in [0.5, 0.6) is 0 Å². The van der Waals surface area contributed by atoms with Crippen LogP contribution in [0, 0.1) is 5.92 Å². The average Bonchev–Trinajstić information content (AvgIpc) is 3.49. The van der Waals surface area contributed by atoms with Crippen LogP contribution in [0.1, 0.15) is 64.0 Å². The molecule has 1 fully saturated rings. The summed E-state index contributed by atoms with van der Waals surface area (Å²) in [6.07, 6.45) is 3.97. The molecule has 1 saturated carbocycles. The summed E-state index contributed by atoms with van der Waals surface area (Å²) in [6.45, 7) is 5.09. The summed E-state index contributed by atoms with van der Waals surface area (Å²) < 4.78 is 13.3. The quantitative estimate of drug-likeness (QED) is 0.412. The molecule has 1 unspecified atom stereocenters. The lowest BCUT2D eigenvalue weighted by atomic mass is 10.0. The molecule has 0 saturated heterocycles. The van der Waals surface area contributed by atoms with Crippen molar-refractivity contribution in [2.45, 2.75) is 70.7 Å². The molecule has 0 spiro atoms. The molecule has 2 aromatic rings. The molecule has 1 aliphatic rings. The van der Waals surface area contributed by atoms with Crippen molar-refractivity contribution in [2.24, 2.45) is 17.4 Å². The van der Waals surface area contributed by atoms with Crippen LogP contribution in [0.3, 0.4) is 0 Å². The average molecular weight is 504 g/mol. The number of nitrogens with one attached hydrogen (secondary N) is 1. The zero-order valence-corrected chi connectivity index (χ0v) is 21.4. The first-order chi connectivity index (χ1) is 17.0. The Morgan fingerprint density at radius 2 is 1.94 bits per heavy atom. The van der Waals surface area contributed by atoms with Crippen molar-refractivity contribution in [3.05, 3.63) is 29.7 Å². The summed E-state index contributed by atoms with van der Waals surface area (Å²) in [7, 11) is 1.42. The van der Waals surface area contributed by atoms with Gasteiger partial charge in [0.05, 0.1) is 23.9 Å². The molecule has 0 bridgehead atoms. The molecule has 0 radical (unpaired) electrons. The number of fused-ring (bicyclic) bond motifs is 1. The molecule has 2 atom stereocenters. The smallest absolute Gasteiger partial charge is 0.410 e. The Morgan fingerprint density at radius 1 is 1.25 bits per heavy atom. The summed E-state index contributed by atoms with van der Waals surface area (Å²) in [5.41, 5.74) is 11.2. The second-order valence-electron chi connectivity index (χ2n) is 9.98. The fraction of sp³-hybridized carbons (Fsp3) is 0.625. The minimum absolute atomic E-state index is 0.0261. The Kier molecular flexibility index (Phi) is 8.85. The molecule has 198 valence electrons. The highest BCUT2D eigenvalue weighted by Gasteiger charge is 2.30. The maximum Gasteiger partial charge on any atom is 0.410 e. The Labute approximate surface area is 210 Å². The lowest BCUT2D eigenvalue weighted by Gasteiger charge is -2.26. The summed E-state index contributed by atoms with van der Waals surface area (Å²) in [4.78, 5) is 37.3. The van der Waals surface area contributed by atoms with E-state index in [0.29, 0.717) is 23.1 Å². The SMILES string of the molecule is CC(OC[C@@H](NC(=O)C(C)(C)N)c1nnc2cccc(COC(=O)N(C)CC(N)=O)n12)C1CCCC1. The molecule has 0 aliphatic heterocycles. The Bertz CT molecular complexity index is 1070. The van der Waals surface area contributed by atoms with Crippen molar-refractivity contribution in [3.63, 3.8) is 0 Å². The van der Waals surface area contributed by atoms with E-state index in [2.05, 4.69) is 22.4 Å². The molecule has 2 heterocycles. The third kappa shape index (κ3) is 6.91. The molecular formula is C24H37N7O5. The number of rotatable bonds is 11. The van der Waals surface area contributed by atoms with Crippen LogP contribution in [0.25, 0.3) is 5.65 Å². The fourth-order valence-electron chi connectivity index (χ4n) is 4.25. The van der Waals surface area contributed by atoms with Gasteiger partial charge in [-0.1, -0.05) is 18.9 Å². The van der Waals surface area contributed by atoms with Gasteiger partial charge in [-0.3, -0.25) is 14.0 Å². The molecule has 12 heteroatoms.